The van der Waals surface area contributed by atoms with E-state index in [1.165, 1.54) is 35.2 Å². The maximum Gasteiger partial charge on any atom is 0.416 e. The van der Waals surface area contributed by atoms with Crippen LogP contribution in [0.3, 0.4) is 0 Å². The Labute approximate surface area is 223 Å². The van der Waals surface area contributed by atoms with E-state index in [-0.39, 0.29) is 23.8 Å². The number of amides is 2. The van der Waals surface area contributed by atoms with Gasteiger partial charge in [0.15, 0.2) is 5.13 Å². The third kappa shape index (κ3) is 5.84. The van der Waals surface area contributed by atoms with Crippen LogP contribution in [0.4, 0.5) is 18.3 Å². The van der Waals surface area contributed by atoms with Gasteiger partial charge in [0, 0.05) is 40.6 Å². The molecule has 0 saturated heterocycles. The molecule has 194 valence electrons. The highest BCUT2D eigenvalue weighted by molar-refractivity contribution is 8.00. The van der Waals surface area contributed by atoms with Crippen molar-refractivity contribution in [2.45, 2.75) is 17.6 Å². The minimum Gasteiger partial charge on any atom is -0.350 e. The van der Waals surface area contributed by atoms with E-state index in [0.717, 1.165) is 38.1 Å². The average Bonchev–Trinajstić information content (AvgIpc) is 3.47. The van der Waals surface area contributed by atoms with Crippen LogP contribution < -0.4 is 10.6 Å². The molecule has 2 heterocycles. The van der Waals surface area contributed by atoms with Gasteiger partial charge in [-0.15, -0.1) is 11.8 Å². The zero-order valence-electron chi connectivity index (χ0n) is 19.8. The number of benzene rings is 3. The second-order valence-electron chi connectivity index (χ2n) is 8.36. The molecule has 5 aromatic rings. The summed E-state index contributed by atoms with van der Waals surface area (Å²) in [6, 6.07) is 19.7. The Bertz CT molecular complexity index is 1590. The van der Waals surface area contributed by atoms with Gasteiger partial charge in [-0.3, -0.25) is 9.59 Å². The van der Waals surface area contributed by atoms with E-state index in [1.807, 2.05) is 59.3 Å². The topological polar surface area (TPSA) is 76.0 Å². The van der Waals surface area contributed by atoms with Crippen molar-refractivity contribution >= 4 is 61.2 Å². The molecule has 0 unspecified atom stereocenters. The normalized spacial score (nSPS) is 11.7. The summed E-state index contributed by atoms with van der Waals surface area (Å²) in [5.74, 6) is -0.552. The number of carbonyl (C=O) groups is 2. The molecule has 0 bridgehead atoms. The van der Waals surface area contributed by atoms with Crippen molar-refractivity contribution in [3.63, 3.8) is 0 Å². The first kappa shape index (κ1) is 25.8. The van der Waals surface area contributed by atoms with E-state index < -0.39 is 17.6 Å². The van der Waals surface area contributed by atoms with Gasteiger partial charge in [0.1, 0.15) is 0 Å². The van der Waals surface area contributed by atoms with Gasteiger partial charge in [0.05, 0.1) is 21.5 Å². The molecule has 0 aliphatic rings. The van der Waals surface area contributed by atoms with Crippen LogP contribution in [-0.2, 0) is 17.5 Å². The zero-order valence-corrected chi connectivity index (χ0v) is 21.4. The van der Waals surface area contributed by atoms with E-state index in [2.05, 4.69) is 15.6 Å². The summed E-state index contributed by atoms with van der Waals surface area (Å²) in [6.45, 7) is 0.625. The van der Waals surface area contributed by atoms with Crippen LogP contribution in [0.15, 0.2) is 83.9 Å². The van der Waals surface area contributed by atoms with Gasteiger partial charge in [0.2, 0.25) is 5.91 Å². The highest BCUT2D eigenvalue weighted by atomic mass is 32.2. The van der Waals surface area contributed by atoms with Gasteiger partial charge in [-0.25, -0.2) is 4.98 Å². The van der Waals surface area contributed by atoms with Crippen LogP contribution >= 0.6 is 23.1 Å². The summed E-state index contributed by atoms with van der Waals surface area (Å²) in [7, 11) is 0. The molecule has 0 radical (unpaired) electrons. The lowest BCUT2D eigenvalue weighted by molar-refractivity contribution is -0.137. The minimum atomic E-state index is -4.51. The Hall–Kier alpha value is -3.83. The van der Waals surface area contributed by atoms with Crippen molar-refractivity contribution in [3.8, 4) is 0 Å². The van der Waals surface area contributed by atoms with E-state index in [1.54, 1.807) is 0 Å². The summed E-state index contributed by atoms with van der Waals surface area (Å²) in [5, 5.41) is 7.06. The molecule has 0 fully saturated rings. The number of thiazole rings is 1. The predicted molar refractivity (Wildman–Crippen MR) is 145 cm³/mol. The van der Waals surface area contributed by atoms with Gasteiger partial charge < -0.3 is 15.2 Å². The fourth-order valence-electron chi connectivity index (χ4n) is 3.97. The highest BCUT2D eigenvalue weighted by Gasteiger charge is 2.30. The lowest BCUT2D eigenvalue weighted by Gasteiger charge is -2.10. The lowest BCUT2D eigenvalue weighted by Crippen LogP contribution is -2.27. The first-order valence-corrected chi connectivity index (χ1v) is 13.4. The van der Waals surface area contributed by atoms with Crippen LogP contribution in [0, 0.1) is 0 Å². The molecule has 0 aliphatic heterocycles. The third-order valence-electron chi connectivity index (χ3n) is 5.74. The Balaban J connectivity index is 1.21. The summed E-state index contributed by atoms with van der Waals surface area (Å²) in [5.41, 5.74) is 0.849. The molecular weight excluding hydrogens is 533 g/mol. The number of halogens is 3. The van der Waals surface area contributed by atoms with Gasteiger partial charge in [0.25, 0.3) is 5.91 Å². The Kier molecular flexibility index (Phi) is 7.39. The van der Waals surface area contributed by atoms with Crippen molar-refractivity contribution in [2.75, 3.05) is 17.6 Å². The summed E-state index contributed by atoms with van der Waals surface area (Å²) in [6.07, 6.45) is -2.60. The summed E-state index contributed by atoms with van der Waals surface area (Å²) in [4.78, 5) is 30.3. The second kappa shape index (κ2) is 10.9. The SMILES string of the molecule is O=C(CSc1cn(CCNC(=O)c2cccc(C(F)(F)F)c2)c2ccccc12)Nc1nc2ccccc2s1. The molecular formula is C27H21F3N4O2S2. The second-order valence-corrected chi connectivity index (χ2v) is 10.4. The predicted octanol–water partition coefficient (Wildman–Crippen LogP) is 6.43. The first-order valence-electron chi connectivity index (χ1n) is 11.6. The molecule has 2 N–H and O–H groups in total. The van der Waals surface area contributed by atoms with Gasteiger partial charge in [-0.2, -0.15) is 13.2 Å². The summed E-state index contributed by atoms with van der Waals surface area (Å²) >= 11 is 2.81. The fraction of sp³-hybridized carbons (Fsp3) is 0.148. The number of alkyl halides is 3. The zero-order chi connectivity index (χ0) is 26.7. The number of rotatable bonds is 8. The number of hydrogen-bond donors (Lipinski definition) is 2. The maximum atomic E-state index is 13.0. The standard InChI is InChI=1S/C27H21F3N4O2S2/c28-27(29,30)18-7-5-6-17(14-18)25(36)31-12-13-34-15-23(19-8-1-3-10-21(19)34)37-16-24(35)33-26-32-20-9-2-4-11-22(20)38-26/h1-11,14-15H,12-13,16H2,(H,31,36)(H,32,33,35). The number of nitrogens with zero attached hydrogens (tertiary/aromatic N) is 2. The number of carbonyl (C=O) groups excluding carboxylic acids is 2. The number of nitrogens with one attached hydrogen (secondary N) is 2. The van der Waals surface area contributed by atoms with Crippen LogP contribution in [-0.4, -0.2) is 33.7 Å². The van der Waals surface area contributed by atoms with E-state index in [0.29, 0.717) is 11.7 Å². The molecule has 11 heteroatoms. The molecule has 2 amide bonds. The van der Waals surface area contributed by atoms with Crippen LogP contribution in [0.25, 0.3) is 21.1 Å². The number of aromatic nitrogens is 2. The number of para-hydroxylation sites is 2. The third-order valence-corrected chi connectivity index (χ3v) is 7.74. The highest BCUT2D eigenvalue weighted by Crippen LogP contribution is 2.31. The molecule has 0 spiro atoms. The van der Waals surface area contributed by atoms with Crippen LogP contribution in [0.2, 0.25) is 0 Å². The fourth-order valence-corrected chi connectivity index (χ4v) is 5.74. The molecule has 6 nitrogen and oxygen atoms in total. The van der Waals surface area contributed by atoms with Crippen molar-refractivity contribution in [2.24, 2.45) is 0 Å². The number of anilines is 1. The van der Waals surface area contributed by atoms with Crippen LogP contribution in [0.1, 0.15) is 15.9 Å². The molecule has 0 aliphatic carbocycles. The Morgan fingerprint density at radius 2 is 1.79 bits per heavy atom. The van der Waals surface area contributed by atoms with Crippen molar-refractivity contribution in [1.82, 2.24) is 14.9 Å². The molecule has 5 rings (SSSR count). The number of fused-ring (bicyclic) bond motifs is 2. The van der Waals surface area contributed by atoms with Gasteiger partial charge in [-0.1, -0.05) is 47.7 Å². The average molecular weight is 555 g/mol. The van der Waals surface area contributed by atoms with Crippen molar-refractivity contribution < 1.29 is 22.8 Å². The van der Waals surface area contributed by atoms with Crippen molar-refractivity contribution in [3.05, 3.63) is 90.1 Å². The summed E-state index contributed by atoms with van der Waals surface area (Å²) < 4.78 is 41.8. The first-order chi connectivity index (χ1) is 18.3. The van der Waals surface area contributed by atoms with E-state index >= 15 is 0 Å². The molecule has 3 aromatic carbocycles. The Morgan fingerprint density at radius 1 is 1.00 bits per heavy atom. The van der Waals surface area contributed by atoms with Crippen molar-refractivity contribution in [1.29, 1.82) is 0 Å². The maximum absolute atomic E-state index is 13.0. The Morgan fingerprint density at radius 3 is 2.61 bits per heavy atom. The molecule has 0 atom stereocenters. The quantitative estimate of drug-likeness (QED) is 0.217. The van der Waals surface area contributed by atoms with Gasteiger partial charge >= 0.3 is 6.18 Å². The smallest absolute Gasteiger partial charge is 0.350 e. The van der Waals surface area contributed by atoms with E-state index in [9.17, 15) is 22.8 Å². The lowest BCUT2D eigenvalue weighted by atomic mass is 10.1. The van der Waals surface area contributed by atoms with E-state index in [4.69, 9.17) is 0 Å². The van der Waals surface area contributed by atoms with Gasteiger partial charge in [-0.05, 0) is 36.4 Å². The molecule has 0 saturated carbocycles. The molecule has 2 aromatic heterocycles. The van der Waals surface area contributed by atoms with Crippen LogP contribution in [0.5, 0.6) is 0 Å². The monoisotopic (exact) mass is 554 g/mol. The minimum absolute atomic E-state index is 0.0485. The largest absolute Gasteiger partial charge is 0.416 e. The number of hydrogen-bond acceptors (Lipinski definition) is 5. The number of thioether (sulfide) groups is 1. The molecule has 38 heavy (non-hydrogen) atoms.